The maximum atomic E-state index is 14.6. The monoisotopic (exact) mass is 719 g/mol. The predicted octanol–water partition coefficient (Wildman–Crippen LogP) is 2.24. The molecule has 3 N–H and O–H groups in total. The van der Waals surface area contributed by atoms with Crippen molar-refractivity contribution in [3.05, 3.63) is 59.1 Å². The second-order valence-electron chi connectivity index (χ2n) is 15.1. The lowest BCUT2D eigenvalue weighted by Gasteiger charge is -2.35. The number of nitrogens with one attached hydrogen (secondary N) is 3. The van der Waals surface area contributed by atoms with Crippen molar-refractivity contribution in [2.75, 3.05) is 13.6 Å². The summed E-state index contributed by atoms with van der Waals surface area (Å²) in [6.07, 6.45) is 6.93. The number of carbonyl (C=O) groups is 6. The molecule has 2 aliphatic carbocycles. The van der Waals surface area contributed by atoms with E-state index in [0.717, 1.165) is 18.4 Å². The smallest absolute Gasteiger partial charge is 0.289 e. The van der Waals surface area contributed by atoms with E-state index in [-0.39, 0.29) is 36.8 Å². The van der Waals surface area contributed by atoms with Crippen molar-refractivity contribution in [3.63, 3.8) is 0 Å². The molecule has 2 saturated carbocycles. The van der Waals surface area contributed by atoms with E-state index in [1.165, 1.54) is 30.5 Å². The molecular weight excluding hydrogens is 678 g/mol. The lowest BCUT2D eigenvalue weighted by molar-refractivity contribution is -0.145. The molecule has 2 aliphatic heterocycles. The van der Waals surface area contributed by atoms with Gasteiger partial charge in [-0.1, -0.05) is 62.5 Å². The van der Waals surface area contributed by atoms with Crippen molar-refractivity contribution >= 4 is 52.5 Å². The highest BCUT2D eigenvalue weighted by molar-refractivity contribution is 6.38. The van der Waals surface area contributed by atoms with Gasteiger partial charge in [-0.15, -0.1) is 0 Å². The van der Waals surface area contributed by atoms with E-state index in [1.807, 2.05) is 6.07 Å². The average molecular weight is 720 g/mol. The van der Waals surface area contributed by atoms with Crippen LogP contribution in [0.3, 0.4) is 0 Å². The number of hydrogen-bond acceptors (Lipinski definition) is 10. The van der Waals surface area contributed by atoms with Gasteiger partial charge in [0, 0.05) is 54.7 Å². The van der Waals surface area contributed by atoms with Gasteiger partial charge in [0.2, 0.25) is 23.5 Å². The first-order valence-electron chi connectivity index (χ1n) is 17.2. The fourth-order valence-electron chi connectivity index (χ4n) is 6.87. The second kappa shape index (κ2) is 14.1. The van der Waals surface area contributed by atoms with E-state index in [4.69, 9.17) is 16.4 Å². The highest BCUT2D eigenvalue weighted by Gasteiger charge is 2.56. The lowest BCUT2D eigenvalue weighted by Crippen LogP contribution is -2.59. The molecule has 15 heteroatoms. The third-order valence-corrected chi connectivity index (χ3v) is 10.2. The highest BCUT2D eigenvalue weighted by atomic mass is 35.5. The number of rotatable bonds is 12. The molecule has 3 heterocycles. The molecule has 6 rings (SSSR count). The molecule has 1 saturated heterocycles. The van der Waals surface area contributed by atoms with Crippen molar-refractivity contribution in [2.24, 2.45) is 28.3 Å². The average Bonchev–Trinajstić information content (AvgIpc) is 4.03. The van der Waals surface area contributed by atoms with Gasteiger partial charge in [-0.2, -0.15) is 0 Å². The van der Waals surface area contributed by atoms with Gasteiger partial charge in [-0.05, 0) is 36.3 Å². The number of nitrogens with zero attached hydrogens (tertiary/aromatic N) is 4. The van der Waals surface area contributed by atoms with Crippen molar-refractivity contribution in [1.82, 2.24) is 30.8 Å². The molecule has 1 aromatic carbocycles. The maximum Gasteiger partial charge on any atom is 0.289 e. The SMILES string of the molecule is CNC(=O)C(=O)[C@H](CC1CC1)NC(=O)[C@@H]1C[C@]2(CC(c3cccc(Cl)c3)=NO2)CN1C(=O)[C@@H](NC(=O)C1C[C@H]1C(=O)c1cnccn1)C(C)(C)C. The summed E-state index contributed by atoms with van der Waals surface area (Å²) < 4.78 is 0. The zero-order valence-electron chi connectivity index (χ0n) is 29.0. The summed E-state index contributed by atoms with van der Waals surface area (Å²) in [7, 11) is 1.35. The van der Waals surface area contributed by atoms with Crippen LogP contribution >= 0.6 is 11.6 Å². The number of ketones is 2. The van der Waals surface area contributed by atoms with Gasteiger partial charge in [-0.3, -0.25) is 33.8 Å². The van der Waals surface area contributed by atoms with Gasteiger partial charge in [0.05, 0.1) is 24.5 Å². The minimum atomic E-state index is -1.11. The Bertz CT molecular complexity index is 1780. The first-order chi connectivity index (χ1) is 24.2. The van der Waals surface area contributed by atoms with Crippen LogP contribution in [-0.2, 0) is 28.8 Å². The molecule has 0 radical (unpaired) electrons. The standard InChI is InChI=1S/C36H42ClN7O7/c1-35(2,3)30(42-31(47)23-14-22(23)28(45)26-17-39-10-11-40-26)34(50)44-18-36(15-25(43-51-36)20-6-5-7-21(37)13-20)16-27(44)32(48)41-24(12-19-8-9-19)29(46)33(49)38-4/h5-7,10-11,13,17,19,22-24,27,30H,8-9,12,14-16,18H2,1-4H3,(H,38,49)(H,41,48)(H,42,47)/t22-,23?,24+,27+,30-,36-/m1/s1. The molecule has 1 aromatic heterocycles. The minimum Gasteiger partial charge on any atom is -0.387 e. The zero-order valence-corrected chi connectivity index (χ0v) is 29.7. The van der Waals surface area contributed by atoms with Crippen LogP contribution in [0.25, 0.3) is 0 Å². The number of likely N-dealkylation sites (N-methyl/N-ethyl adjacent to an activating group) is 1. The second-order valence-corrected chi connectivity index (χ2v) is 15.5. The molecule has 1 unspecified atom stereocenters. The van der Waals surface area contributed by atoms with E-state index in [0.29, 0.717) is 23.6 Å². The Hall–Kier alpha value is -4.72. The van der Waals surface area contributed by atoms with E-state index in [1.54, 1.807) is 39.0 Å². The van der Waals surface area contributed by atoms with Gasteiger partial charge in [0.15, 0.2) is 11.4 Å². The third-order valence-electron chi connectivity index (χ3n) is 10.0. The Balaban J connectivity index is 1.24. The number of Topliss-reactive ketones (excluding diaryl/α,β-unsaturated/α-hetero) is 2. The van der Waals surface area contributed by atoms with Crippen LogP contribution in [0, 0.1) is 23.2 Å². The quantitative estimate of drug-likeness (QED) is 0.218. The summed E-state index contributed by atoms with van der Waals surface area (Å²) in [4.78, 5) is 96.1. The van der Waals surface area contributed by atoms with Gasteiger partial charge in [0.25, 0.3) is 5.91 Å². The van der Waals surface area contributed by atoms with Gasteiger partial charge in [-0.25, -0.2) is 4.98 Å². The van der Waals surface area contributed by atoms with Crippen LogP contribution in [0.5, 0.6) is 0 Å². The van der Waals surface area contributed by atoms with Crippen LogP contribution in [-0.4, -0.2) is 93.1 Å². The van der Waals surface area contributed by atoms with Crippen LogP contribution in [0.4, 0.5) is 0 Å². The topological polar surface area (TPSA) is 189 Å². The van der Waals surface area contributed by atoms with Gasteiger partial charge in [0.1, 0.15) is 17.8 Å². The van der Waals surface area contributed by atoms with Gasteiger partial charge >= 0.3 is 0 Å². The largest absolute Gasteiger partial charge is 0.387 e. The normalized spacial score (nSPS) is 24.9. The number of oxime groups is 1. The summed E-state index contributed by atoms with van der Waals surface area (Å²) in [5.41, 5.74) is -0.390. The fraction of sp³-hybridized carbons (Fsp3) is 0.528. The molecule has 1 spiro atoms. The first kappa shape index (κ1) is 36.1. The number of likely N-dealkylation sites (tertiary alicyclic amines) is 1. The van der Waals surface area contributed by atoms with Crippen molar-refractivity contribution < 1.29 is 33.6 Å². The molecule has 3 fully saturated rings. The molecule has 4 aliphatic rings. The number of aromatic nitrogens is 2. The summed E-state index contributed by atoms with van der Waals surface area (Å²) in [6.45, 7) is 5.36. The number of carbonyl (C=O) groups excluding carboxylic acids is 6. The molecule has 0 bridgehead atoms. The van der Waals surface area contributed by atoms with Crippen LogP contribution in [0.1, 0.15) is 75.3 Å². The van der Waals surface area contributed by atoms with E-state index in [2.05, 4.69) is 31.1 Å². The Morgan fingerprint density at radius 3 is 2.47 bits per heavy atom. The van der Waals surface area contributed by atoms with Gasteiger partial charge < -0.3 is 25.7 Å². The number of amides is 4. The highest BCUT2D eigenvalue weighted by Crippen LogP contribution is 2.43. The maximum absolute atomic E-state index is 14.6. The van der Waals surface area contributed by atoms with E-state index < -0.39 is 70.4 Å². The zero-order chi connectivity index (χ0) is 36.7. The Kier molecular flexibility index (Phi) is 9.99. The number of hydrogen-bond donors (Lipinski definition) is 3. The van der Waals surface area contributed by atoms with Crippen LogP contribution in [0.2, 0.25) is 5.02 Å². The summed E-state index contributed by atoms with van der Waals surface area (Å²) in [5, 5.41) is 12.9. The fourth-order valence-corrected chi connectivity index (χ4v) is 7.06. The van der Waals surface area contributed by atoms with E-state index >= 15 is 0 Å². The van der Waals surface area contributed by atoms with E-state index in [9.17, 15) is 28.8 Å². The lowest BCUT2D eigenvalue weighted by atomic mass is 9.85. The molecule has 2 aromatic rings. The Labute approximate surface area is 300 Å². The molecule has 270 valence electrons. The Morgan fingerprint density at radius 2 is 1.82 bits per heavy atom. The summed E-state index contributed by atoms with van der Waals surface area (Å²) in [5.74, 6) is -4.49. The summed E-state index contributed by atoms with van der Waals surface area (Å²) in [6, 6.07) is 3.85. The van der Waals surface area contributed by atoms with Crippen molar-refractivity contribution in [2.45, 2.75) is 83.0 Å². The number of halogens is 1. The van der Waals surface area contributed by atoms with Crippen LogP contribution < -0.4 is 16.0 Å². The van der Waals surface area contributed by atoms with Crippen molar-refractivity contribution in [1.29, 1.82) is 0 Å². The first-order valence-corrected chi connectivity index (χ1v) is 17.6. The molecule has 14 nitrogen and oxygen atoms in total. The minimum absolute atomic E-state index is 0.0339. The van der Waals surface area contributed by atoms with Crippen LogP contribution in [0.15, 0.2) is 48.0 Å². The molecule has 4 amide bonds. The predicted molar refractivity (Wildman–Crippen MR) is 184 cm³/mol. The third kappa shape index (κ3) is 7.95. The number of benzene rings is 1. The van der Waals surface area contributed by atoms with Crippen molar-refractivity contribution in [3.8, 4) is 0 Å². The molecular formula is C36H42ClN7O7. The summed E-state index contributed by atoms with van der Waals surface area (Å²) >= 11 is 6.24. The molecule has 51 heavy (non-hydrogen) atoms. The molecule has 6 atom stereocenters. The Morgan fingerprint density at radius 1 is 1.06 bits per heavy atom.